The molecule has 0 aromatic carbocycles. The number of pyridine rings is 2. The van der Waals surface area contributed by atoms with E-state index in [2.05, 4.69) is 53.9 Å². The summed E-state index contributed by atoms with van der Waals surface area (Å²) in [5.74, 6) is 0. The Hall–Kier alpha value is -1.28. The van der Waals surface area contributed by atoms with Gasteiger partial charge in [0, 0.05) is 23.7 Å². The second-order valence-corrected chi connectivity index (χ2v) is 6.11. The first-order valence-electron chi connectivity index (χ1n) is 5.95. The fourth-order valence-electron chi connectivity index (χ4n) is 1.99. The van der Waals surface area contributed by atoms with Crippen LogP contribution in [0.2, 0.25) is 0 Å². The molecule has 0 unspecified atom stereocenters. The van der Waals surface area contributed by atoms with Crippen molar-refractivity contribution in [3.63, 3.8) is 0 Å². The second-order valence-electron chi connectivity index (χ2n) is 4.31. The number of aromatic nitrogens is 4. The van der Waals surface area contributed by atoms with Crippen LogP contribution in [0.25, 0.3) is 22.5 Å². The van der Waals surface area contributed by atoms with Crippen LogP contribution in [-0.2, 0) is 0 Å². The molecule has 20 heavy (non-hydrogen) atoms. The number of hydrogen-bond donors (Lipinski definition) is 0. The molecule has 0 spiro atoms. The zero-order chi connectivity index (χ0) is 14.1. The molecule has 3 aromatic heterocycles. The molecule has 0 aliphatic heterocycles. The van der Waals surface area contributed by atoms with Crippen LogP contribution in [0.5, 0.6) is 0 Å². The van der Waals surface area contributed by atoms with E-state index in [-0.39, 0.29) is 0 Å². The SMILES string of the molecule is Cc1cccc(-c2nn(I)cc2-c2ccnc(Br)c2)n1. The van der Waals surface area contributed by atoms with Gasteiger partial charge in [0.15, 0.2) is 0 Å². The third-order valence-electron chi connectivity index (χ3n) is 2.85. The van der Waals surface area contributed by atoms with Crippen molar-refractivity contribution in [2.75, 3.05) is 0 Å². The lowest BCUT2D eigenvalue weighted by molar-refractivity contribution is 1.05. The van der Waals surface area contributed by atoms with Crippen LogP contribution in [0, 0.1) is 6.92 Å². The highest BCUT2D eigenvalue weighted by Crippen LogP contribution is 2.31. The standard InChI is InChI=1S/C14H10BrIN4/c1-9-3-2-4-12(18-9)14-11(8-20(16)19-14)10-5-6-17-13(15)7-10/h2-8H,1H3. The summed E-state index contributed by atoms with van der Waals surface area (Å²) in [5.41, 5.74) is 4.84. The van der Waals surface area contributed by atoms with Gasteiger partial charge in [0.25, 0.3) is 0 Å². The van der Waals surface area contributed by atoms with Crippen molar-refractivity contribution < 1.29 is 0 Å². The van der Waals surface area contributed by atoms with Gasteiger partial charge in [0.2, 0.25) is 0 Å². The van der Waals surface area contributed by atoms with E-state index in [1.807, 2.05) is 43.5 Å². The summed E-state index contributed by atoms with van der Waals surface area (Å²) in [6.07, 6.45) is 3.76. The molecule has 0 bridgehead atoms. The van der Waals surface area contributed by atoms with Crippen molar-refractivity contribution in [2.24, 2.45) is 0 Å². The third-order valence-corrected chi connectivity index (χ3v) is 3.78. The van der Waals surface area contributed by atoms with E-state index < -0.39 is 0 Å². The predicted octanol–water partition coefficient (Wildman–Crippen LogP) is 4.28. The summed E-state index contributed by atoms with van der Waals surface area (Å²) in [7, 11) is 0. The van der Waals surface area contributed by atoms with Crippen LogP contribution in [0.4, 0.5) is 0 Å². The van der Waals surface area contributed by atoms with E-state index in [0.29, 0.717) is 0 Å². The highest BCUT2D eigenvalue weighted by molar-refractivity contribution is 14.1. The zero-order valence-corrected chi connectivity index (χ0v) is 14.3. The van der Waals surface area contributed by atoms with Gasteiger partial charge in [0.05, 0.1) is 28.6 Å². The summed E-state index contributed by atoms with van der Waals surface area (Å²) >= 11 is 5.55. The average Bonchev–Trinajstić information content (AvgIpc) is 2.81. The lowest BCUT2D eigenvalue weighted by atomic mass is 10.1. The van der Waals surface area contributed by atoms with Crippen molar-refractivity contribution in [2.45, 2.75) is 6.92 Å². The first-order valence-corrected chi connectivity index (χ1v) is 7.71. The lowest BCUT2D eigenvalue weighted by Gasteiger charge is -2.03. The Morgan fingerprint density at radius 3 is 2.85 bits per heavy atom. The lowest BCUT2D eigenvalue weighted by Crippen LogP contribution is -1.89. The van der Waals surface area contributed by atoms with E-state index in [1.165, 1.54) is 0 Å². The third kappa shape index (κ3) is 2.76. The van der Waals surface area contributed by atoms with Crippen LogP contribution >= 0.6 is 38.8 Å². The van der Waals surface area contributed by atoms with Crippen molar-refractivity contribution in [1.29, 1.82) is 0 Å². The van der Waals surface area contributed by atoms with Gasteiger partial charge in [-0.05, 0) is 52.7 Å². The fourth-order valence-corrected chi connectivity index (χ4v) is 2.85. The number of halogens is 2. The van der Waals surface area contributed by atoms with Crippen LogP contribution in [0.3, 0.4) is 0 Å². The van der Waals surface area contributed by atoms with Crippen LogP contribution in [-0.4, -0.2) is 18.0 Å². The first-order chi connectivity index (χ1) is 9.63. The van der Waals surface area contributed by atoms with Gasteiger partial charge >= 0.3 is 0 Å². The maximum atomic E-state index is 4.56. The molecule has 3 rings (SSSR count). The molecule has 0 N–H and O–H groups in total. The molecular formula is C14H10BrIN4. The van der Waals surface area contributed by atoms with Gasteiger partial charge in [-0.2, -0.15) is 5.10 Å². The highest BCUT2D eigenvalue weighted by Gasteiger charge is 2.14. The monoisotopic (exact) mass is 440 g/mol. The first kappa shape index (κ1) is 13.7. The Kier molecular flexibility index (Phi) is 3.84. The van der Waals surface area contributed by atoms with Gasteiger partial charge in [-0.1, -0.05) is 6.07 Å². The minimum Gasteiger partial charge on any atom is -0.251 e. The van der Waals surface area contributed by atoms with Crippen molar-refractivity contribution in [1.82, 2.24) is 18.0 Å². The topological polar surface area (TPSA) is 43.6 Å². The van der Waals surface area contributed by atoms with Crippen LogP contribution in [0.15, 0.2) is 47.3 Å². The molecule has 0 saturated carbocycles. The van der Waals surface area contributed by atoms with Gasteiger partial charge in [-0.3, -0.25) is 4.98 Å². The summed E-state index contributed by atoms with van der Waals surface area (Å²) in [6, 6.07) is 9.90. The molecule has 4 nitrogen and oxygen atoms in total. The molecule has 3 heterocycles. The van der Waals surface area contributed by atoms with E-state index >= 15 is 0 Å². The molecule has 0 atom stereocenters. The fraction of sp³-hybridized carbons (Fsp3) is 0.0714. The predicted molar refractivity (Wildman–Crippen MR) is 90.5 cm³/mol. The molecular weight excluding hydrogens is 431 g/mol. The van der Waals surface area contributed by atoms with Gasteiger partial charge < -0.3 is 0 Å². The number of rotatable bonds is 2. The van der Waals surface area contributed by atoms with E-state index in [9.17, 15) is 0 Å². The quantitative estimate of drug-likeness (QED) is 0.441. The summed E-state index contributed by atoms with van der Waals surface area (Å²) in [6.45, 7) is 1.98. The second kappa shape index (κ2) is 5.61. The molecule has 0 fully saturated rings. The summed E-state index contributed by atoms with van der Waals surface area (Å²) < 4.78 is 2.58. The number of hydrogen-bond acceptors (Lipinski definition) is 3. The maximum Gasteiger partial charge on any atom is 0.119 e. The average molecular weight is 441 g/mol. The largest absolute Gasteiger partial charge is 0.251 e. The highest BCUT2D eigenvalue weighted by atomic mass is 127. The Bertz CT molecular complexity index is 706. The van der Waals surface area contributed by atoms with Gasteiger partial charge in [-0.15, -0.1) is 0 Å². The molecule has 3 aromatic rings. The van der Waals surface area contributed by atoms with E-state index in [4.69, 9.17) is 0 Å². The van der Waals surface area contributed by atoms with E-state index in [0.717, 1.165) is 32.8 Å². The smallest absolute Gasteiger partial charge is 0.119 e. The zero-order valence-electron chi connectivity index (χ0n) is 10.6. The number of aryl methyl sites for hydroxylation is 1. The Morgan fingerprint density at radius 2 is 2.10 bits per heavy atom. The molecule has 100 valence electrons. The summed E-state index contributed by atoms with van der Waals surface area (Å²) in [4.78, 5) is 8.72. The van der Waals surface area contributed by atoms with Gasteiger partial charge in [0.1, 0.15) is 10.3 Å². The van der Waals surface area contributed by atoms with Crippen LogP contribution < -0.4 is 0 Å². The molecule has 0 saturated heterocycles. The van der Waals surface area contributed by atoms with Gasteiger partial charge in [-0.25, -0.2) is 7.88 Å². The Balaban J connectivity index is 2.18. The number of nitrogens with zero attached hydrogens (tertiary/aromatic N) is 4. The molecule has 6 heteroatoms. The Labute approximate surface area is 138 Å². The van der Waals surface area contributed by atoms with Crippen molar-refractivity contribution in [3.8, 4) is 22.5 Å². The molecule has 0 aliphatic rings. The molecule has 0 radical (unpaired) electrons. The van der Waals surface area contributed by atoms with Crippen LogP contribution in [0.1, 0.15) is 5.69 Å². The molecule has 0 amide bonds. The van der Waals surface area contributed by atoms with Crippen molar-refractivity contribution in [3.05, 3.63) is 53.0 Å². The minimum atomic E-state index is 0.805. The van der Waals surface area contributed by atoms with Crippen molar-refractivity contribution >= 4 is 38.8 Å². The van der Waals surface area contributed by atoms with E-state index in [1.54, 1.807) is 9.09 Å². The minimum absolute atomic E-state index is 0.805. The normalized spacial score (nSPS) is 10.8. The summed E-state index contributed by atoms with van der Waals surface area (Å²) in [5, 5.41) is 4.53. The Morgan fingerprint density at radius 1 is 1.25 bits per heavy atom. The maximum absolute atomic E-state index is 4.56. The molecule has 0 aliphatic carbocycles.